The van der Waals surface area contributed by atoms with E-state index in [9.17, 15) is 14.4 Å². The van der Waals surface area contributed by atoms with E-state index >= 15 is 0 Å². The summed E-state index contributed by atoms with van der Waals surface area (Å²) in [4.78, 5) is 41.1. The van der Waals surface area contributed by atoms with Gasteiger partial charge in [-0.3, -0.25) is 9.59 Å². The van der Waals surface area contributed by atoms with E-state index in [1.54, 1.807) is 31.2 Å². The Morgan fingerprint density at radius 2 is 1.87 bits per heavy atom. The van der Waals surface area contributed by atoms with Crippen LogP contribution in [0.1, 0.15) is 28.5 Å². The first-order valence-corrected chi connectivity index (χ1v) is 10.2. The lowest BCUT2D eigenvalue weighted by molar-refractivity contribution is -0.116. The smallest absolute Gasteiger partial charge is 0.338 e. The maximum absolute atomic E-state index is 12.6. The minimum Gasteiger partial charge on any atom is -0.462 e. The van der Waals surface area contributed by atoms with Crippen molar-refractivity contribution in [3.63, 3.8) is 0 Å². The molecule has 0 fully saturated rings. The van der Waals surface area contributed by atoms with Crippen LogP contribution in [0.3, 0.4) is 0 Å². The Kier molecular flexibility index (Phi) is 5.62. The number of amides is 1. The predicted octanol–water partition coefficient (Wildman–Crippen LogP) is 3.27. The number of hydrogen-bond acceptors (Lipinski definition) is 7. The van der Waals surface area contributed by atoms with E-state index in [4.69, 9.17) is 4.74 Å². The lowest BCUT2D eigenvalue weighted by Gasteiger charge is -2.09. The number of hydrogen-bond donors (Lipinski definition) is 1. The van der Waals surface area contributed by atoms with Crippen molar-refractivity contribution >= 4 is 35.2 Å². The maximum Gasteiger partial charge on any atom is 0.338 e. The highest BCUT2D eigenvalue weighted by atomic mass is 32.2. The van der Waals surface area contributed by atoms with Crippen molar-refractivity contribution in [1.29, 1.82) is 0 Å². The van der Waals surface area contributed by atoms with Gasteiger partial charge in [-0.2, -0.15) is 4.68 Å². The average molecular weight is 422 g/mol. The third kappa shape index (κ3) is 4.11. The molecular weight excluding hydrogens is 404 g/mol. The molecule has 1 N–H and O–H groups in total. The summed E-state index contributed by atoms with van der Waals surface area (Å²) in [7, 11) is 0. The molecule has 0 aliphatic carbocycles. The summed E-state index contributed by atoms with van der Waals surface area (Å²) in [5, 5.41) is 6.92. The second-order valence-electron chi connectivity index (χ2n) is 6.49. The van der Waals surface area contributed by atoms with E-state index in [0.717, 1.165) is 5.56 Å². The quantitative estimate of drug-likeness (QED) is 0.608. The molecule has 1 aliphatic rings. The summed E-state index contributed by atoms with van der Waals surface area (Å²) < 4.78 is 6.19. The van der Waals surface area contributed by atoms with Gasteiger partial charge >= 0.3 is 5.97 Å². The molecule has 30 heavy (non-hydrogen) atoms. The molecule has 0 saturated heterocycles. The fourth-order valence-corrected chi connectivity index (χ4v) is 4.01. The van der Waals surface area contributed by atoms with Crippen molar-refractivity contribution in [2.75, 3.05) is 11.9 Å². The topological polar surface area (TPSA) is 103 Å². The second-order valence-corrected chi connectivity index (χ2v) is 7.66. The fourth-order valence-electron chi connectivity index (χ4n) is 2.95. The van der Waals surface area contributed by atoms with Crippen LogP contribution in [0.15, 0.2) is 59.8 Å². The van der Waals surface area contributed by atoms with Gasteiger partial charge in [0.2, 0.25) is 5.91 Å². The highest BCUT2D eigenvalue weighted by Gasteiger charge is 2.36. The second kappa shape index (κ2) is 8.50. The zero-order valence-electron chi connectivity index (χ0n) is 16.1. The Labute approximate surface area is 176 Å². The molecule has 0 bridgehead atoms. The summed E-state index contributed by atoms with van der Waals surface area (Å²) in [5.74, 6) is -0.507. The van der Waals surface area contributed by atoms with E-state index < -0.39 is 11.2 Å². The Morgan fingerprint density at radius 1 is 1.13 bits per heavy atom. The maximum atomic E-state index is 12.6. The number of thioether (sulfide) groups is 1. The van der Waals surface area contributed by atoms with Crippen LogP contribution < -0.4 is 5.32 Å². The number of ether oxygens (including phenoxy) is 1. The molecule has 4 rings (SSSR count). The van der Waals surface area contributed by atoms with Gasteiger partial charge in [0.05, 0.1) is 12.2 Å². The predicted molar refractivity (Wildman–Crippen MR) is 111 cm³/mol. The number of fused-ring (bicyclic) bond motifs is 1. The molecule has 1 aliphatic heterocycles. The van der Waals surface area contributed by atoms with Gasteiger partial charge < -0.3 is 10.1 Å². The molecule has 3 aromatic rings. The minimum atomic E-state index is -0.580. The van der Waals surface area contributed by atoms with Crippen molar-refractivity contribution in [3.8, 4) is 11.4 Å². The summed E-state index contributed by atoms with van der Waals surface area (Å²) in [6.45, 7) is 2.03. The van der Waals surface area contributed by atoms with Crippen LogP contribution in [0.5, 0.6) is 0 Å². The van der Waals surface area contributed by atoms with Gasteiger partial charge in [-0.05, 0) is 31.2 Å². The molecule has 2 aromatic carbocycles. The van der Waals surface area contributed by atoms with Gasteiger partial charge in [0.15, 0.2) is 11.0 Å². The molecule has 0 spiro atoms. The summed E-state index contributed by atoms with van der Waals surface area (Å²) in [6, 6.07) is 15.8. The molecule has 0 unspecified atom stereocenters. The summed E-state index contributed by atoms with van der Waals surface area (Å²) in [5.41, 5.74) is 1.76. The summed E-state index contributed by atoms with van der Waals surface area (Å²) in [6.07, 6.45) is -0.00512. The van der Waals surface area contributed by atoms with Crippen molar-refractivity contribution in [1.82, 2.24) is 14.8 Å². The number of anilines is 1. The van der Waals surface area contributed by atoms with E-state index in [1.807, 2.05) is 30.3 Å². The van der Waals surface area contributed by atoms with Crippen LogP contribution in [0.4, 0.5) is 5.69 Å². The molecule has 1 atom stereocenters. The van der Waals surface area contributed by atoms with Crippen molar-refractivity contribution < 1.29 is 19.1 Å². The van der Waals surface area contributed by atoms with E-state index in [-0.39, 0.29) is 18.2 Å². The highest BCUT2D eigenvalue weighted by molar-refractivity contribution is 8.00. The van der Waals surface area contributed by atoms with E-state index in [1.165, 1.54) is 16.4 Å². The molecule has 8 nitrogen and oxygen atoms in total. The van der Waals surface area contributed by atoms with Gasteiger partial charge in [0, 0.05) is 17.7 Å². The molecule has 0 radical (unpaired) electrons. The number of nitrogens with zero attached hydrogens (tertiary/aromatic N) is 3. The average Bonchev–Trinajstić information content (AvgIpc) is 3.29. The monoisotopic (exact) mass is 422 g/mol. The number of esters is 1. The Balaban J connectivity index is 1.36. The molecular formula is C21H18N4O4S. The Bertz CT molecular complexity index is 1100. The van der Waals surface area contributed by atoms with E-state index in [2.05, 4.69) is 15.4 Å². The van der Waals surface area contributed by atoms with Crippen LogP contribution in [-0.4, -0.2) is 44.4 Å². The highest BCUT2D eigenvalue weighted by Crippen LogP contribution is 2.34. The molecule has 2 heterocycles. The summed E-state index contributed by atoms with van der Waals surface area (Å²) >= 11 is 1.23. The van der Waals surface area contributed by atoms with Gasteiger partial charge in [-0.1, -0.05) is 42.1 Å². The lowest BCUT2D eigenvalue weighted by Crippen LogP contribution is -2.25. The first kappa shape index (κ1) is 19.8. The lowest BCUT2D eigenvalue weighted by atomic mass is 10.2. The van der Waals surface area contributed by atoms with Crippen molar-refractivity contribution in [3.05, 3.63) is 60.2 Å². The number of carbonyl (C=O) groups is 3. The fraction of sp³-hybridized carbons (Fsp3) is 0.190. The number of benzene rings is 2. The van der Waals surface area contributed by atoms with Crippen LogP contribution in [0.2, 0.25) is 0 Å². The first-order valence-electron chi connectivity index (χ1n) is 9.35. The Hall–Kier alpha value is -3.46. The molecule has 1 aromatic heterocycles. The first-order chi connectivity index (χ1) is 14.5. The zero-order chi connectivity index (χ0) is 21.1. The van der Waals surface area contributed by atoms with Crippen LogP contribution in [0, 0.1) is 0 Å². The molecule has 1 amide bonds. The van der Waals surface area contributed by atoms with Crippen molar-refractivity contribution in [2.24, 2.45) is 0 Å². The van der Waals surface area contributed by atoms with Gasteiger partial charge in [0.1, 0.15) is 5.25 Å². The third-order valence-electron chi connectivity index (χ3n) is 4.39. The number of aromatic nitrogens is 3. The van der Waals surface area contributed by atoms with Gasteiger partial charge in [-0.15, -0.1) is 5.10 Å². The van der Waals surface area contributed by atoms with Crippen molar-refractivity contribution in [2.45, 2.75) is 23.8 Å². The zero-order valence-corrected chi connectivity index (χ0v) is 16.9. The number of nitrogens with one attached hydrogen (secondary N) is 1. The SMILES string of the molecule is CCOC(=O)c1ccc(NC(=O)C[C@@H]2Sc3nc(-c4ccccc4)nn3C2=O)cc1. The van der Waals surface area contributed by atoms with Gasteiger partial charge in [-0.25, -0.2) is 9.78 Å². The van der Waals surface area contributed by atoms with Crippen LogP contribution in [-0.2, 0) is 9.53 Å². The van der Waals surface area contributed by atoms with E-state index in [0.29, 0.717) is 28.8 Å². The normalized spacial score (nSPS) is 15.0. The third-order valence-corrected chi connectivity index (χ3v) is 5.52. The number of carbonyl (C=O) groups excluding carboxylic acids is 3. The van der Waals surface area contributed by atoms with Crippen LogP contribution >= 0.6 is 11.8 Å². The molecule has 152 valence electrons. The largest absolute Gasteiger partial charge is 0.462 e. The standard InChI is InChI=1S/C21H18N4O4S/c1-2-29-20(28)14-8-10-15(11-9-14)22-17(26)12-16-19(27)25-21(30-16)23-18(24-25)13-6-4-3-5-7-13/h3-11,16H,2,12H2,1H3,(H,22,26)/t16-/m0/s1. The Morgan fingerprint density at radius 3 is 2.53 bits per heavy atom. The molecule has 9 heteroatoms. The molecule has 0 saturated carbocycles. The number of rotatable bonds is 6. The van der Waals surface area contributed by atoms with Gasteiger partial charge in [0.25, 0.3) is 5.91 Å². The minimum absolute atomic E-state index is 0.00512. The van der Waals surface area contributed by atoms with Crippen LogP contribution in [0.25, 0.3) is 11.4 Å².